The molecule has 0 unspecified atom stereocenters. The smallest absolute Gasteiger partial charge is 0.319 e. The fourth-order valence-corrected chi connectivity index (χ4v) is 3.24. The summed E-state index contributed by atoms with van der Waals surface area (Å²) in [7, 11) is 0. The topological polar surface area (TPSA) is 95.5 Å². The Morgan fingerprint density at radius 2 is 1.62 bits per heavy atom. The normalized spacial score (nSPS) is 12.8. The Kier molecular flexibility index (Phi) is 8.39. The lowest BCUT2D eigenvalue weighted by Gasteiger charge is -2.22. The van der Waals surface area contributed by atoms with Gasteiger partial charge in [-0.1, -0.05) is 60.1 Å². The predicted octanol–water partition coefficient (Wildman–Crippen LogP) is 4.81. The first kappa shape index (κ1) is 22.6. The lowest BCUT2D eigenvalue weighted by Crippen LogP contribution is -2.44. The number of carboxylic acid groups (broad SMARTS) is 1. The van der Waals surface area contributed by atoms with Crippen molar-refractivity contribution in [2.75, 3.05) is 5.32 Å². The van der Waals surface area contributed by atoms with Gasteiger partial charge in [0, 0.05) is 16.6 Å². The summed E-state index contributed by atoms with van der Waals surface area (Å²) in [6, 6.07) is 14.4. The Morgan fingerprint density at radius 3 is 2.17 bits per heavy atom. The molecule has 0 aliphatic heterocycles. The highest BCUT2D eigenvalue weighted by atomic mass is 79.9. The number of urea groups is 1. The Morgan fingerprint density at radius 1 is 1.00 bits per heavy atom. The maximum Gasteiger partial charge on any atom is 0.319 e. The largest absolute Gasteiger partial charge is 0.481 e. The average molecular weight is 461 g/mol. The molecule has 2 rings (SSSR count). The van der Waals surface area contributed by atoms with Crippen molar-refractivity contribution in [3.8, 4) is 0 Å². The number of anilines is 1. The molecule has 0 aliphatic rings. The lowest BCUT2D eigenvalue weighted by atomic mass is 9.89. The standard InChI is InChI=1S/C22H25BrN2O4/c1-14(2)12-19(25-22(29)24-17-10-8-16(23)9-11-17)20(26)13-18(21(27)28)15-6-4-3-5-7-15/h3-11,14,18-19H,12-13H2,1-2H3,(H,27,28)(H2,24,25,29)/t18-,19-/m0/s1. The average Bonchev–Trinajstić information content (AvgIpc) is 2.67. The van der Waals surface area contributed by atoms with E-state index < -0.39 is 24.0 Å². The lowest BCUT2D eigenvalue weighted by molar-refractivity contribution is -0.140. The van der Waals surface area contributed by atoms with E-state index in [4.69, 9.17) is 0 Å². The summed E-state index contributed by atoms with van der Waals surface area (Å²) >= 11 is 3.33. The molecule has 0 aromatic heterocycles. The van der Waals surface area contributed by atoms with Gasteiger partial charge in [0.05, 0.1) is 12.0 Å². The summed E-state index contributed by atoms with van der Waals surface area (Å²) in [5.74, 6) is -2.17. The van der Waals surface area contributed by atoms with Gasteiger partial charge in [-0.2, -0.15) is 0 Å². The summed E-state index contributed by atoms with van der Waals surface area (Å²) in [4.78, 5) is 37.0. The Labute approximate surface area is 178 Å². The molecular formula is C22H25BrN2O4. The van der Waals surface area contributed by atoms with Gasteiger partial charge in [0.1, 0.15) is 0 Å². The first-order chi connectivity index (χ1) is 13.8. The minimum absolute atomic E-state index is 0.150. The number of ketones is 1. The van der Waals surface area contributed by atoms with Crippen molar-refractivity contribution in [1.29, 1.82) is 0 Å². The molecule has 0 bridgehead atoms. The molecule has 0 fully saturated rings. The van der Waals surface area contributed by atoms with Gasteiger partial charge in [-0.05, 0) is 42.2 Å². The second-order valence-electron chi connectivity index (χ2n) is 7.26. The molecule has 2 aromatic carbocycles. The zero-order chi connectivity index (χ0) is 21.4. The Bertz CT molecular complexity index is 838. The molecule has 7 heteroatoms. The zero-order valence-corrected chi connectivity index (χ0v) is 18.0. The molecule has 0 spiro atoms. The molecule has 0 radical (unpaired) electrons. The number of nitrogens with one attached hydrogen (secondary N) is 2. The van der Waals surface area contributed by atoms with Gasteiger partial charge in [-0.25, -0.2) is 4.79 Å². The predicted molar refractivity (Wildman–Crippen MR) is 116 cm³/mol. The van der Waals surface area contributed by atoms with Gasteiger partial charge < -0.3 is 15.7 Å². The second-order valence-corrected chi connectivity index (χ2v) is 8.18. The van der Waals surface area contributed by atoms with E-state index in [1.165, 1.54) is 0 Å². The van der Waals surface area contributed by atoms with Crippen LogP contribution in [-0.2, 0) is 9.59 Å². The van der Waals surface area contributed by atoms with Crippen LogP contribution in [0.25, 0.3) is 0 Å². The van der Waals surface area contributed by atoms with Gasteiger partial charge in [-0.15, -0.1) is 0 Å². The van der Waals surface area contributed by atoms with Crippen LogP contribution in [-0.4, -0.2) is 28.9 Å². The number of benzene rings is 2. The van der Waals surface area contributed by atoms with Crippen molar-refractivity contribution in [2.45, 2.75) is 38.6 Å². The van der Waals surface area contributed by atoms with Crippen LogP contribution in [0.1, 0.15) is 38.2 Å². The van der Waals surface area contributed by atoms with Crippen LogP contribution in [0.5, 0.6) is 0 Å². The summed E-state index contributed by atoms with van der Waals surface area (Å²) in [5, 5.41) is 15.0. The number of hydrogen-bond donors (Lipinski definition) is 3. The Hall–Kier alpha value is -2.67. The van der Waals surface area contributed by atoms with Crippen LogP contribution < -0.4 is 10.6 Å². The first-order valence-electron chi connectivity index (χ1n) is 9.39. The number of carboxylic acids is 1. The first-order valence-corrected chi connectivity index (χ1v) is 10.2. The van der Waals surface area contributed by atoms with E-state index in [9.17, 15) is 19.5 Å². The van der Waals surface area contributed by atoms with Gasteiger partial charge in [-0.3, -0.25) is 9.59 Å². The number of carbonyl (C=O) groups is 3. The van der Waals surface area contributed by atoms with E-state index in [1.54, 1.807) is 54.6 Å². The molecule has 2 aromatic rings. The van der Waals surface area contributed by atoms with Crippen molar-refractivity contribution in [2.24, 2.45) is 5.92 Å². The van der Waals surface area contributed by atoms with Crippen molar-refractivity contribution < 1.29 is 19.5 Å². The van der Waals surface area contributed by atoms with Gasteiger partial charge >= 0.3 is 12.0 Å². The molecule has 0 aliphatic carbocycles. The molecule has 0 saturated carbocycles. The van der Waals surface area contributed by atoms with Crippen LogP contribution in [0.2, 0.25) is 0 Å². The maximum absolute atomic E-state index is 12.9. The quantitative estimate of drug-likeness (QED) is 0.499. The monoisotopic (exact) mass is 460 g/mol. The molecule has 29 heavy (non-hydrogen) atoms. The molecule has 2 atom stereocenters. The summed E-state index contributed by atoms with van der Waals surface area (Å²) in [5.41, 5.74) is 1.16. The van der Waals surface area contributed by atoms with Crippen molar-refractivity contribution in [3.05, 3.63) is 64.6 Å². The van der Waals surface area contributed by atoms with Crippen molar-refractivity contribution in [3.63, 3.8) is 0 Å². The number of Topliss-reactive ketones (excluding diaryl/α,β-unsaturated/α-hetero) is 1. The second kappa shape index (κ2) is 10.8. The summed E-state index contributed by atoms with van der Waals surface area (Å²) in [6.07, 6.45) is 0.239. The highest BCUT2D eigenvalue weighted by molar-refractivity contribution is 9.10. The van der Waals surface area contributed by atoms with Gasteiger partial charge in [0.2, 0.25) is 0 Å². The van der Waals surface area contributed by atoms with E-state index in [1.807, 2.05) is 13.8 Å². The number of rotatable bonds is 9. The van der Waals surface area contributed by atoms with E-state index >= 15 is 0 Å². The van der Waals surface area contributed by atoms with Crippen molar-refractivity contribution >= 4 is 39.4 Å². The number of halogens is 1. The third kappa shape index (κ3) is 7.34. The molecule has 154 valence electrons. The van der Waals surface area contributed by atoms with Crippen LogP contribution in [0.15, 0.2) is 59.1 Å². The number of aliphatic carboxylic acids is 1. The number of amides is 2. The van der Waals surface area contributed by atoms with E-state index in [0.717, 1.165) is 4.47 Å². The van der Waals surface area contributed by atoms with Gasteiger partial charge in [0.25, 0.3) is 0 Å². The third-order valence-corrected chi connectivity index (χ3v) is 4.94. The number of hydrogen-bond acceptors (Lipinski definition) is 3. The van der Waals surface area contributed by atoms with E-state index in [-0.39, 0.29) is 18.1 Å². The third-order valence-electron chi connectivity index (χ3n) is 4.41. The van der Waals surface area contributed by atoms with Crippen LogP contribution in [0, 0.1) is 5.92 Å². The van der Waals surface area contributed by atoms with Crippen molar-refractivity contribution in [1.82, 2.24) is 5.32 Å². The maximum atomic E-state index is 12.9. The number of carbonyl (C=O) groups excluding carboxylic acids is 2. The summed E-state index contributed by atoms with van der Waals surface area (Å²) < 4.78 is 0.886. The fourth-order valence-electron chi connectivity index (χ4n) is 2.98. The molecular weight excluding hydrogens is 436 g/mol. The molecule has 0 heterocycles. The fraction of sp³-hybridized carbons (Fsp3) is 0.318. The van der Waals surface area contributed by atoms with Crippen LogP contribution >= 0.6 is 15.9 Å². The zero-order valence-electron chi connectivity index (χ0n) is 16.4. The SMILES string of the molecule is CC(C)C[C@H](NC(=O)Nc1ccc(Br)cc1)C(=O)C[C@H](C(=O)O)c1ccccc1. The van der Waals surface area contributed by atoms with Crippen LogP contribution in [0.3, 0.4) is 0 Å². The van der Waals surface area contributed by atoms with Crippen LogP contribution in [0.4, 0.5) is 10.5 Å². The minimum Gasteiger partial charge on any atom is -0.481 e. The Balaban J connectivity index is 2.09. The summed E-state index contributed by atoms with van der Waals surface area (Å²) in [6.45, 7) is 3.89. The molecule has 2 amide bonds. The van der Waals surface area contributed by atoms with E-state index in [2.05, 4.69) is 26.6 Å². The molecule has 0 saturated heterocycles. The molecule has 6 nitrogen and oxygen atoms in total. The highest BCUT2D eigenvalue weighted by Crippen LogP contribution is 2.22. The highest BCUT2D eigenvalue weighted by Gasteiger charge is 2.29. The van der Waals surface area contributed by atoms with E-state index in [0.29, 0.717) is 17.7 Å². The molecule has 3 N–H and O–H groups in total. The minimum atomic E-state index is -1.06. The van der Waals surface area contributed by atoms with Gasteiger partial charge in [0.15, 0.2) is 5.78 Å².